The molecule has 1 aromatic carbocycles. The minimum Gasteiger partial charge on any atom is -0.391 e. The van der Waals surface area contributed by atoms with Gasteiger partial charge in [-0.05, 0) is 24.0 Å². The summed E-state index contributed by atoms with van der Waals surface area (Å²) in [6.07, 6.45) is 0.0419. The molecule has 0 aliphatic carbocycles. The van der Waals surface area contributed by atoms with Gasteiger partial charge in [-0.3, -0.25) is 0 Å². The van der Waals surface area contributed by atoms with E-state index in [4.69, 9.17) is 28.9 Å². The van der Waals surface area contributed by atoms with Crippen molar-refractivity contribution in [3.8, 4) is 0 Å². The highest BCUT2D eigenvalue weighted by Crippen LogP contribution is 2.31. The summed E-state index contributed by atoms with van der Waals surface area (Å²) in [6.45, 7) is 4.07. The summed E-state index contributed by atoms with van der Waals surface area (Å²) >= 11 is 11.9. The van der Waals surface area contributed by atoms with Gasteiger partial charge in [-0.25, -0.2) is 0 Å². The Balaban J connectivity index is 2.87. The lowest BCUT2D eigenvalue weighted by atomic mass is 9.95. The van der Waals surface area contributed by atoms with Crippen molar-refractivity contribution in [1.82, 2.24) is 0 Å². The third-order valence-electron chi connectivity index (χ3n) is 2.47. The number of benzene rings is 1. The molecule has 1 rings (SSSR count). The number of hydrogen-bond donors (Lipinski definition) is 2. The van der Waals surface area contributed by atoms with E-state index >= 15 is 0 Å². The molecule has 0 amide bonds. The van der Waals surface area contributed by atoms with Gasteiger partial charge in [0.05, 0.1) is 22.2 Å². The molecule has 2 atom stereocenters. The monoisotopic (exact) mass is 261 g/mol. The Bertz CT molecular complexity index is 355. The van der Waals surface area contributed by atoms with Crippen LogP contribution >= 0.6 is 23.2 Å². The van der Waals surface area contributed by atoms with E-state index in [0.29, 0.717) is 27.9 Å². The molecule has 1 aromatic rings. The van der Waals surface area contributed by atoms with Gasteiger partial charge in [-0.2, -0.15) is 0 Å². The highest BCUT2D eigenvalue weighted by Gasteiger charge is 2.20. The second-order valence-electron chi connectivity index (χ2n) is 4.37. The summed E-state index contributed by atoms with van der Waals surface area (Å²) in [5.74, 6) is 0.388. The van der Waals surface area contributed by atoms with Crippen LogP contribution in [-0.4, -0.2) is 11.2 Å². The van der Waals surface area contributed by atoms with Gasteiger partial charge >= 0.3 is 0 Å². The van der Waals surface area contributed by atoms with Gasteiger partial charge in [0.15, 0.2) is 0 Å². The fourth-order valence-electron chi connectivity index (χ4n) is 1.61. The number of nitrogens with two attached hydrogens (primary N) is 1. The first-order valence-electron chi connectivity index (χ1n) is 5.31. The van der Waals surface area contributed by atoms with Crippen LogP contribution in [0, 0.1) is 5.92 Å². The Morgan fingerprint density at radius 1 is 1.31 bits per heavy atom. The predicted octanol–water partition coefficient (Wildman–Crippen LogP) is 3.40. The van der Waals surface area contributed by atoms with Crippen molar-refractivity contribution < 1.29 is 5.11 Å². The first-order valence-corrected chi connectivity index (χ1v) is 6.06. The molecule has 0 fully saturated rings. The molecule has 0 heterocycles. The van der Waals surface area contributed by atoms with Gasteiger partial charge in [0.25, 0.3) is 0 Å². The molecule has 2 nitrogen and oxygen atoms in total. The van der Waals surface area contributed by atoms with Crippen molar-refractivity contribution in [2.45, 2.75) is 32.4 Å². The molecule has 90 valence electrons. The molecule has 0 bridgehead atoms. The SMILES string of the molecule is CC(C)C[C@H](O)[C@H](N)c1cccc(Cl)c1Cl. The average molecular weight is 262 g/mol. The largest absolute Gasteiger partial charge is 0.391 e. The zero-order valence-corrected chi connectivity index (χ0v) is 11.0. The second kappa shape index (κ2) is 5.87. The molecular weight excluding hydrogens is 245 g/mol. The quantitative estimate of drug-likeness (QED) is 0.873. The molecule has 0 aliphatic heterocycles. The second-order valence-corrected chi connectivity index (χ2v) is 5.15. The van der Waals surface area contributed by atoms with Gasteiger partial charge in [-0.15, -0.1) is 0 Å². The summed E-state index contributed by atoms with van der Waals surface area (Å²) in [4.78, 5) is 0. The maximum atomic E-state index is 9.93. The van der Waals surface area contributed by atoms with Gasteiger partial charge in [0.1, 0.15) is 0 Å². The van der Waals surface area contributed by atoms with E-state index in [2.05, 4.69) is 0 Å². The average Bonchev–Trinajstić information content (AvgIpc) is 2.20. The van der Waals surface area contributed by atoms with Gasteiger partial charge < -0.3 is 10.8 Å². The Hall–Kier alpha value is -0.280. The van der Waals surface area contributed by atoms with Crippen LogP contribution in [0.15, 0.2) is 18.2 Å². The molecule has 3 N–H and O–H groups in total. The van der Waals surface area contributed by atoms with Crippen molar-refractivity contribution in [1.29, 1.82) is 0 Å². The first-order chi connectivity index (χ1) is 7.43. The van der Waals surface area contributed by atoms with Crippen LogP contribution in [0.3, 0.4) is 0 Å². The third-order valence-corrected chi connectivity index (χ3v) is 3.30. The van der Waals surface area contributed by atoms with E-state index in [1.54, 1.807) is 18.2 Å². The molecule has 4 heteroatoms. The van der Waals surface area contributed by atoms with Crippen LogP contribution in [-0.2, 0) is 0 Å². The minimum absolute atomic E-state index is 0.388. The number of rotatable bonds is 4. The highest BCUT2D eigenvalue weighted by atomic mass is 35.5. The molecule has 0 aromatic heterocycles. The van der Waals surface area contributed by atoms with Crippen molar-refractivity contribution in [2.75, 3.05) is 0 Å². The van der Waals surface area contributed by atoms with Crippen LogP contribution in [0.1, 0.15) is 31.9 Å². The molecule has 16 heavy (non-hydrogen) atoms. The van der Waals surface area contributed by atoms with Crippen LogP contribution in [0.25, 0.3) is 0 Å². The van der Waals surface area contributed by atoms with Crippen LogP contribution in [0.5, 0.6) is 0 Å². The van der Waals surface area contributed by atoms with E-state index < -0.39 is 12.1 Å². The van der Waals surface area contributed by atoms with Crippen LogP contribution < -0.4 is 5.73 Å². The summed E-state index contributed by atoms with van der Waals surface area (Å²) in [7, 11) is 0. The van der Waals surface area contributed by atoms with E-state index in [9.17, 15) is 5.11 Å². The summed E-state index contributed by atoms with van der Waals surface area (Å²) in [6, 6.07) is 4.79. The van der Waals surface area contributed by atoms with Crippen LogP contribution in [0.2, 0.25) is 10.0 Å². The molecule has 0 saturated carbocycles. The smallest absolute Gasteiger partial charge is 0.0735 e. The van der Waals surface area contributed by atoms with E-state index in [0.717, 1.165) is 0 Å². The maximum Gasteiger partial charge on any atom is 0.0735 e. The topological polar surface area (TPSA) is 46.2 Å². The summed E-state index contributed by atoms with van der Waals surface area (Å²) in [5.41, 5.74) is 6.66. The van der Waals surface area contributed by atoms with Gasteiger partial charge in [0, 0.05) is 0 Å². The lowest BCUT2D eigenvalue weighted by Gasteiger charge is -2.22. The molecular formula is C12H17Cl2NO. The predicted molar refractivity (Wildman–Crippen MR) is 68.9 cm³/mol. The van der Waals surface area contributed by atoms with Crippen molar-refractivity contribution in [2.24, 2.45) is 11.7 Å². The zero-order chi connectivity index (χ0) is 12.3. The maximum absolute atomic E-state index is 9.93. The van der Waals surface area contributed by atoms with E-state index in [-0.39, 0.29) is 0 Å². The molecule has 0 radical (unpaired) electrons. The lowest BCUT2D eigenvalue weighted by Crippen LogP contribution is -2.27. The number of aliphatic hydroxyl groups is 1. The number of halogens is 2. The molecule has 0 spiro atoms. The van der Waals surface area contributed by atoms with Gasteiger partial charge in [0.2, 0.25) is 0 Å². The fraction of sp³-hybridized carbons (Fsp3) is 0.500. The van der Waals surface area contributed by atoms with Crippen molar-refractivity contribution in [3.05, 3.63) is 33.8 Å². The molecule has 0 saturated heterocycles. The van der Waals surface area contributed by atoms with Gasteiger partial charge in [-0.1, -0.05) is 49.2 Å². The zero-order valence-electron chi connectivity index (χ0n) is 9.45. The number of hydrogen-bond acceptors (Lipinski definition) is 2. The Labute approximate surface area is 106 Å². The number of aliphatic hydroxyl groups excluding tert-OH is 1. The van der Waals surface area contributed by atoms with E-state index in [1.807, 2.05) is 13.8 Å². The van der Waals surface area contributed by atoms with E-state index in [1.165, 1.54) is 0 Å². The summed E-state index contributed by atoms with van der Waals surface area (Å²) in [5, 5.41) is 10.8. The fourth-order valence-corrected chi connectivity index (χ4v) is 2.05. The first kappa shape index (κ1) is 13.8. The third kappa shape index (κ3) is 3.36. The Kier molecular flexibility index (Phi) is 5.06. The standard InChI is InChI=1S/C12H17Cl2NO/c1-7(2)6-10(16)12(15)8-4-3-5-9(13)11(8)14/h3-5,7,10,12,16H,6,15H2,1-2H3/t10-,12+/m0/s1. The highest BCUT2D eigenvalue weighted by molar-refractivity contribution is 6.42. The van der Waals surface area contributed by atoms with Crippen LogP contribution in [0.4, 0.5) is 0 Å². The summed E-state index contributed by atoms with van der Waals surface area (Å²) < 4.78 is 0. The Morgan fingerprint density at radius 3 is 2.50 bits per heavy atom. The molecule has 0 unspecified atom stereocenters. The lowest BCUT2D eigenvalue weighted by molar-refractivity contribution is 0.121. The molecule has 0 aliphatic rings. The normalized spacial score (nSPS) is 15.2. The minimum atomic E-state index is -0.601. The van der Waals surface area contributed by atoms with Crippen molar-refractivity contribution in [3.63, 3.8) is 0 Å². The van der Waals surface area contributed by atoms with Crippen molar-refractivity contribution >= 4 is 23.2 Å². The Morgan fingerprint density at radius 2 is 1.94 bits per heavy atom.